The normalized spacial score (nSPS) is 32.0. The Kier molecular flexibility index (Phi) is 5.39. The Morgan fingerprint density at radius 3 is 2.62 bits per heavy atom. The summed E-state index contributed by atoms with van der Waals surface area (Å²) in [5.74, 6) is 2.34. The van der Waals surface area contributed by atoms with E-state index in [1.807, 2.05) is 11.8 Å². The molecule has 3 saturated heterocycles. The van der Waals surface area contributed by atoms with Crippen LogP contribution in [0.3, 0.4) is 0 Å². The molecule has 21 heavy (non-hydrogen) atoms. The lowest BCUT2D eigenvalue weighted by atomic mass is 9.95. The summed E-state index contributed by atoms with van der Waals surface area (Å²) in [5.41, 5.74) is 6.49. The lowest BCUT2D eigenvalue weighted by Gasteiger charge is -2.34. The van der Waals surface area contributed by atoms with E-state index in [1.165, 1.54) is 5.75 Å². The standard InChI is InChI=1S/C14H27N5OS/c1-10-9-21-14(18-10)15-6-11-2-4-19(5-3-11)13(20)12-7-16-17-8-12/h10-12,14-18H,2-9H2,1H3. The Morgan fingerprint density at radius 2 is 2.00 bits per heavy atom. The average Bonchev–Trinajstić information content (AvgIpc) is 3.16. The maximum atomic E-state index is 12.3. The third kappa shape index (κ3) is 4.10. The molecule has 0 bridgehead atoms. The first-order chi connectivity index (χ1) is 10.2. The number of nitrogens with zero attached hydrogens (tertiary/aromatic N) is 1. The number of amides is 1. The van der Waals surface area contributed by atoms with E-state index in [2.05, 4.69) is 33.3 Å². The molecule has 0 aromatic carbocycles. The van der Waals surface area contributed by atoms with Crippen molar-refractivity contribution in [3.05, 3.63) is 0 Å². The van der Waals surface area contributed by atoms with Gasteiger partial charge in [0.05, 0.1) is 5.92 Å². The van der Waals surface area contributed by atoms with E-state index >= 15 is 0 Å². The first-order valence-electron chi connectivity index (χ1n) is 8.08. The maximum Gasteiger partial charge on any atom is 0.228 e. The highest BCUT2D eigenvalue weighted by molar-refractivity contribution is 8.00. The summed E-state index contributed by atoms with van der Waals surface area (Å²) in [6, 6.07) is 0.612. The molecule has 3 aliphatic heterocycles. The number of thioether (sulfide) groups is 1. The van der Waals surface area contributed by atoms with Gasteiger partial charge in [-0.3, -0.25) is 26.3 Å². The van der Waals surface area contributed by atoms with Crippen molar-refractivity contribution >= 4 is 17.7 Å². The lowest BCUT2D eigenvalue weighted by Crippen LogP contribution is -2.46. The fourth-order valence-electron chi connectivity index (χ4n) is 3.24. The van der Waals surface area contributed by atoms with Crippen LogP contribution in [-0.2, 0) is 4.79 Å². The van der Waals surface area contributed by atoms with E-state index in [0.29, 0.717) is 23.4 Å². The first kappa shape index (κ1) is 15.6. The van der Waals surface area contributed by atoms with E-state index < -0.39 is 0 Å². The van der Waals surface area contributed by atoms with Crippen LogP contribution in [0.1, 0.15) is 19.8 Å². The molecule has 3 rings (SSSR count). The Labute approximate surface area is 131 Å². The fourth-order valence-corrected chi connectivity index (χ4v) is 4.36. The molecule has 0 aromatic rings. The van der Waals surface area contributed by atoms with Gasteiger partial charge in [-0.1, -0.05) is 0 Å². The highest BCUT2D eigenvalue weighted by atomic mass is 32.2. The highest BCUT2D eigenvalue weighted by Gasteiger charge is 2.30. The van der Waals surface area contributed by atoms with Gasteiger partial charge in [0.25, 0.3) is 0 Å². The van der Waals surface area contributed by atoms with E-state index in [4.69, 9.17) is 0 Å². The molecule has 7 heteroatoms. The predicted molar refractivity (Wildman–Crippen MR) is 85.6 cm³/mol. The van der Waals surface area contributed by atoms with Crippen LogP contribution < -0.4 is 21.5 Å². The smallest absolute Gasteiger partial charge is 0.228 e. The molecule has 0 aromatic heterocycles. The van der Waals surface area contributed by atoms with Crippen LogP contribution in [0.15, 0.2) is 0 Å². The Bertz CT molecular complexity index is 355. The van der Waals surface area contributed by atoms with Gasteiger partial charge in [-0.25, -0.2) is 0 Å². The minimum Gasteiger partial charge on any atom is -0.342 e. The van der Waals surface area contributed by atoms with Crippen molar-refractivity contribution in [1.29, 1.82) is 0 Å². The van der Waals surface area contributed by atoms with Gasteiger partial charge >= 0.3 is 0 Å². The Morgan fingerprint density at radius 1 is 1.29 bits per heavy atom. The summed E-state index contributed by atoms with van der Waals surface area (Å²) < 4.78 is 0. The van der Waals surface area contributed by atoms with Crippen molar-refractivity contribution in [1.82, 2.24) is 26.4 Å². The summed E-state index contributed by atoms with van der Waals surface area (Å²) in [6.07, 6.45) is 2.25. The monoisotopic (exact) mass is 313 g/mol. The number of hydrogen-bond acceptors (Lipinski definition) is 6. The number of piperidine rings is 1. The van der Waals surface area contributed by atoms with Crippen molar-refractivity contribution in [2.45, 2.75) is 31.3 Å². The number of nitrogens with one attached hydrogen (secondary N) is 4. The van der Waals surface area contributed by atoms with Gasteiger partial charge in [-0.05, 0) is 25.7 Å². The quantitative estimate of drug-likeness (QED) is 0.564. The van der Waals surface area contributed by atoms with Crippen molar-refractivity contribution in [2.75, 3.05) is 38.5 Å². The van der Waals surface area contributed by atoms with Crippen LogP contribution in [-0.4, -0.2) is 60.8 Å². The van der Waals surface area contributed by atoms with Crippen molar-refractivity contribution in [3.63, 3.8) is 0 Å². The van der Waals surface area contributed by atoms with E-state index in [0.717, 1.165) is 45.6 Å². The topological polar surface area (TPSA) is 68.4 Å². The third-order valence-electron chi connectivity index (χ3n) is 4.64. The predicted octanol–water partition coefficient (Wildman–Crippen LogP) is -0.453. The number of carbonyl (C=O) groups excluding carboxylic acids is 1. The van der Waals surface area contributed by atoms with Gasteiger partial charge in [0.2, 0.25) is 5.91 Å². The molecule has 0 radical (unpaired) electrons. The number of hydrazine groups is 1. The second kappa shape index (κ2) is 7.28. The largest absolute Gasteiger partial charge is 0.342 e. The first-order valence-corrected chi connectivity index (χ1v) is 9.13. The lowest BCUT2D eigenvalue weighted by molar-refractivity contribution is -0.135. The van der Waals surface area contributed by atoms with E-state index in [9.17, 15) is 4.79 Å². The van der Waals surface area contributed by atoms with Gasteiger partial charge in [0.1, 0.15) is 5.50 Å². The van der Waals surface area contributed by atoms with Gasteiger partial charge in [0, 0.05) is 44.5 Å². The summed E-state index contributed by atoms with van der Waals surface area (Å²) in [7, 11) is 0. The summed E-state index contributed by atoms with van der Waals surface area (Å²) in [4.78, 5) is 14.4. The van der Waals surface area contributed by atoms with Crippen molar-refractivity contribution in [2.24, 2.45) is 11.8 Å². The second-order valence-corrected chi connectivity index (χ2v) is 7.55. The maximum absolute atomic E-state index is 12.3. The van der Waals surface area contributed by atoms with Gasteiger partial charge in [-0.2, -0.15) is 0 Å². The summed E-state index contributed by atoms with van der Waals surface area (Å²) >= 11 is 1.96. The second-order valence-electron chi connectivity index (χ2n) is 6.42. The van der Waals surface area contributed by atoms with Gasteiger partial charge in [0.15, 0.2) is 0 Å². The Balaban J connectivity index is 1.35. The summed E-state index contributed by atoms with van der Waals surface area (Å²) in [6.45, 7) is 6.66. The zero-order chi connectivity index (χ0) is 14.7. The van der Waals surface area contributed by atoms with E-state index in [-0.39, 0.29) is 5.92 Å². The molecule has 3 aliphatic rings. The SMILES string of the molecule is CC1CSC(NCC2CCN(C(=O)C3CNNC3)CC2)N1. The van der Waals surface area contributed by atoms with Crippen LogP contribution in [0, 0.1) is 11.8 Å². The molecule has 1 amide bonds. The molecule has 3 heterocycles. The molecular weight excluding hydrogens is 286 g/mol. The minimum atomic E-state index is 0.125. The molecule has 2 atom stereocenters. The van der Waals surface area contributed by atoms with E-state index in [1.54, 1.807) is 0 Å². The third-order valence-corrected chi connectivity index (χ3v) is 5.97. The van der Waals surface area contributed by atoms with Crippen molar-refractivity contribution < 1.29 is 4.79 Å². The van der Waals surface area contributed by atoms with Crippen LogP contribution >= 0.6 is 11.8 Å². The molecule has 0 saturated carbocycles. The number of rotatable bonds is 4. The molecule has 0 aliphatic carbocycles. The van der Waals surface area contributed by atoms with Crippen LogP contribution in [0.4, 0.5) is 0 Å². The molecule has 0 spiro atoms. The van der Waals surface area contributed by atoms with Crippen LogP contribution in [0.2, 0.25) is 0 Å². The number of hydrogen-bond donors (Lipinski definition) is 4. The molecule has 4 N–H and O–H groups in total. The average molecular weight is 313 g/mol. The van der Waals surface area contributed by atoms with Crippen LogP contribution in [0.5, 0.6) is 0 Å². The molecule has 120 valence electrons. The van der Waals surface area contributed by atoms with Crippen molar-refractivity contribution in [3.8, 4) is 0 Å². The zero-order valence-corrected chi connectivity index (χ0v) is 13.5. The minimum absolute atomic E-state index is 0.125. The van der Waals surface area contributed by atoms with Crippen LogP contribution in [0.25, 0.3) is 0 Å². The summed E-state index contributed by atoms with van der Waals surface area (Å²) in [5, 5.41) is 7.14. The molecule has 2 unspecified atom stereocenters. The number of carbonyl (C=O) groups is 1. The molecule has 6 nitrogen and oxygen atoms in total. The zero-order valence-electron chi connectivity index (χ0n) is 12.7. The van der Waals surface area contributed by atoms with Gasteiger partial charge in [-0.15, -0.1) is 11.8 Å². The van der Waals surface area contributed by atoms with Gasteiger partial charge < -0.3 is 4.90 Å². The Hall–Kier alpha value is -0.340. The molecule has 3 fully saturated rings. The highest BCUT2D eigenvalue weighted by Crippen LogP contribution is 2.21. The fraction of sp³-hybridized carbons (Fsp3) is 0.929. The molecular formula is C14H27N5OS. The number of likely N-dealkylation sites (tertiary alicyclic amines) is 1.